The average Bonchev–Trinajstić information content (AvgIpc) is 3.06. The van der Waals surface area contributed by atoms with Crippen molar-refractivity contribution >= 4 is 11.8 Å². The third-order valence-electron chi connectivity index (χ3n) is 3.72. The van der Waals surface area contributed by atoms with Crippen LogP contribution in [0.3, 0.4) is 0 Å². The Morgan fingerprint density at radius 1 is 1.37 bits per heavy atom. The van der Waals surface area contributed by atoms with Crippen molar-refractivity contribution in [2.24, 2.45) is 0 Å². The van der Waals surface area contributed by atoms with Crippen molar-refractivity contribution in [2.45, 2.75) is 50.9 Å². The first-order valence-electron chi connectivity index (χ1n) is 7.08. The molecule has 3 rings (SSSR count). The fraction of sp³-hybridized carbons (Fsp3) is 0.846. The first-order chi connectivity index (χ1) is 9.31. The van der Waals surface area contributed by atoms with Gasteiger partial charge in [0.1, 0.15) is 6.10 Å². The van der Waals surface area contributed by atoms with E-state index in [9.17, 15) is 0 Å². The van der Waals surface area contributed by atoms with Crippen molar-refractivity contribution in [1.82, 2.24) is 15.5 Å². The van der Waals surface area contributed by atoms with E-state index >= 15 is 0 Å². The molecule has 0 unspecified atom stereocenters. The molecule has 1 N–H and O–H groups in total. The fourth-order valence-electron chi connectivity index (χ4n) is 2.68. The highest BCUT2D eigenvalue weighted by Gasteiger charge is 2.30. The van der Waals surface area contributed by atoms with Gasteiger partial charge in [-0.15, -0.1) is 0 Å². The lowest BCUT2D eigenvalue weighted by Crippen LogP contribution is -2.38. The fourth-order valence-corrected chi connectivity index (χ4v) is 3.79. The number of hydrogen-bond acceptors (Lipinski definition) is 6. The predicted octanol–water partition coefficient (Wildman–Crippen LogP) is 2.08. The van der Waals surface area contributed by atoms with Crippen LogP contribution >= 0.6 is 11.8 Å². The lowest BCUT2D eigenvalue weighted by molar-refractivity contribution is 0.0254. The van der Waals surface area contributed by atoms with E-state index in [0.717, 1.165) is 19.4 Å². The molecule has 0 saturated carbocycles. The molecule has 0 spiro atoms. The summed E-state index contributed by atoms with van der Waals surface area (Å²) < 4.78 is 11.2. The zero-order valence-electron chi connectivity index (χ0n) is 11.3. The number of aryl methyl sites for hydroxylation is 1. The molecule has 19 heavy (non-hydrogen) atoms. The molecule has 1 aromatic rings. The summed E-state index contributed by atoms with van der Waals surface area (Å²) >= 11 is 2.05. The minimum Gasteiger partial charge on any atom is -0.364 e. The van der Waals surface area contributed by atoms with Gasteiger partial charge in [-0.1, -0.05) is 5.16 Å². The van der Waals surface area contributed by atoms with Crippen LogP contribution in [0, 0.1) is 6.92 Å². The maximum atomic E-state index is 5.99. The summed E-state index contributed by atoms with van der Waals surface area (Å²) in [7, 11) is 0. The number of ether oxygens (including phenoxy) is 1. The van der Waals surface area contributed by atoms with Crippen LogP contribution in [0.1, 0.15) is 43.5 Å². The number of nitrogens with zero attached hydrogens (tertiary/aromatic N) is 2. The summed E-state index contributed by atoms with van der Waals surface area (Å²) in [5.41, 5.74) is 0. The second kappa shape index (κ2) is 6.24. The Morgan fingerprint density at radius 2 is 2.32 bits per heavy atom. The van der Waals surface area contributed by atoms with Crippen LogP contribution < -0.4 is 5.32 Å². The highest BCUT2D eigenvalue weighted by Crippen LogP contribution is 2.31. The molecule has 2 fully saturated rings. The maximum Gasteiger partial charge on any atom is 0.255 e. The average molecular weight is 283 g/mol. The van der Waals surface area contributed by atoms with E-state index in [1.165, 1.54) is 24.3 Å². The lowest BCUT2D eigenvalue weighted by Gasteiger charge is -2.24. The molecule has 0 radical (unpaired) electrons. The summed E-state index contributed by atoms with van der Waals surface area (Å²) in [5.74, 6) is 3.86. The van der Waals surface area contributed by atoms with Gasteiger partial charge in [-0.3, -0.25) is 0 Å². The van der Waals surface area contributed by atoms with Crippen molar-refractivity contribution in [3.8, 4) is 0 Å². The molecule has 5 nitrogen and oxygen atoms in total. The van der Waals surface area contributed by atoms with Gasteiger partial charge >= 0.3 is 0 Å². The quantitative estimate of drug-likeness (QED) is 0.913. The summed E-state index contributed by atoms with van der Waals surface area (Å²) in [6.07, 6.45) is 4.95. The molecular formula is C13H21N3O2S. The maximum absolute atomic E-state index is 5.99. The highest BCUT2D eigenvalue weighted by atomic mass is 32.2. The van der Waals surface area contributed by atoms with Crippen molar-refractivity contribution < 1.29 is 9.26 Å². The smallest absolute Gasteiger partial charge is 0.255 e. The van der Waals surface area contributed by atoms with Crippen molar-refractivity contribution in [1.29, 1.82) is 0 Å². The number of hydrogen-bond donors (Lipinski definition) is 1. The van der Waals surface area contributed by atoms with Crippen LogP contribution in [-0.2, 0) is 4.74 Å². The number of nitrogens with one attached hydrogen (secondary N) is 1. The normalized spacial score (nSPS) is 31.7. The molecule has 2 saturated heterocycles. The summed E-state index contributed by atoms with van der Waals surface area (Å²) in [6, 6.07) is 0.659. The van der Waals surface area contributed by atoms with E-state index in [1.807, 2.05) is 18.7 Å². The minimum atomic E-state index is -0.00580. The first-order valence-corrected chi connectivity index (χ1v) is 8.23. The van der Waals surface area contributed by atoms with Crippen LogP contribution in [0.2, 0.25) is 0 Å². The molecule has 2 aliphatic heterocycles. The molecule has 0 bridgehead atoms. The van der Waals surface area contributed by atoms with Gasteiger partial charge in [0.05, 0.1) is 6.10 Å². The van der Waals surface area contributed by atoms with E-state index in [-0.39, 0.29) is 12.2 Å². The highest BCUT2D eigenvalue weighted by molar-refractivity contribution is 7.99. The van der Waals surface area contributed by atoms with E-state index in [4.69, 9.17) is 9.26 Å². The molecule has 3 atom stereocenters. The molecule has 0 aliphatic carbocycles. The van der Waals surface area contributed by atoms with Gasteiger partial charge in [0.2, 0.25) is 0 Å². The Labute approximate surface area is 117 Å². The number of thioether (sulfide) groups is 1. The Morgan fingerprint density at radius 3 is 3.05 bits per heavy atom. The second-order valence-electron chi connectivity index (χ2n) is 5.33. The predicted molar refractivity (Wildman–Crippen MR) is 74.2 cm³/mol. The summed E-state index contributed by atoms with van der Waals surface area (Å²) in [4.78, 5) is 4.25. The zero-order chi connectivity index (χ0) is 13.1. The molecule has 0 aromatic carbocycles. The van der Waals surface area contributed by atoms with E-state index < -0.39 is 0 Å². The Hall–Kier alpha value is -0.590. The van der Waals surface area contributed by atoms with Crippen molar-refractivity contribution in [2.75, 3.05) is 18.1 Å². The van der Waals surface area contributed by atoms with Gasteiger partial charge < -0.3 is 14.6 Å². The summed E-state index contributed by atoms with van der Waals surface area (Å²) in [6.45, 7) is 2.77. The Balaban J connectivity index is 1.44. The van der Waals surface area contributed by atoms with E-state index in [0.29, 0.717) is 17.8 Å². The van der Waals surface area contributed by atoms with Crippen molar-refractivity contribution in [3.05, 3.63) is 11.7 Å². The van der Waals surface area contributed by atoms with Crippen LogP contribution in [0.5, 0.6) is 0 Å². The molecule has 106 valence electrons. The first kappa shape index (κ1) is 13.4. The summed E-state index contributed by atoms with van der Waals surface area (Å²) in [5, 5.41) is 7.45. The molecule has 6 heteroatoms. The van der Waals surface area contributed by atoms with Gasteiger partial charge in [-0.2, -0.15) is 16.7 Å². The Bertz CT molecular complexity index is 406. The monoisotopic (exact) mass is 283 g/mol. The van der Waals surface area contributed by atoms with Crippen LogP contribution in [0.25, 0.3) is 0 Å². The van der Waals surface area contributed by atoms with Gasteiger partial charge in [0, 0.05) is 18.3 Å². The number of aromatic nitrogens is 2. The van der Waals surface area contributed by atoms with Gasteiger partial charge in [0.25, 0.3) is 5.89 Å². The molecule has 2 aliphatic rings. The SMILES string of the molecule is Cc1noc([C@@H]2CC[C@H](CN[C@H]3CCCSC3)O2)n1. The lowest BCUT2D eigenvalue weighted by atomic mass is 10.1. The molecular weight excluding hydrogens is 262 g/mol. The second-order valence-corrected chi connectivity index (χ2v) is 6.48. The van der Waals surface area contributed by atoms with Crippen LogP contribution in [0.4, 0.5) is 0 Å². The third-order valence-corrected chi connectivity index (χ3v) is 4.94. The van der Waals surface area contributed by atoms with Crippen molar-refractivity contribution in [3.63, 3.8) is 0 Å². The Kier molecular flexibility index (Phi) is 4.40. The van der Waals surface area contributed by atoms with E-state index in [1.54, 1.807) is 0 Å². The molecule has 3 heterocycles. The van der Waals surface area contributed by atoms with Crippen LogP contribution in [0.15, 0.2) is 4.52 Å². The van der Waals surface area contributed by atoms with Crippen LogP contribution in [-0.4, -0.2) is 40.3 Å². The third kappa shape index (κ3) is 3.49. The largest absolute Gasteiger partial charge is 0.364 e. The van der Waals surface area contributed by atoms with Gasteiger partial charge in [-0.05, 0) is 38.4 Å². The standard InChI is InChI=1S/C13H21N3O2S/c1-9-15-13(18-16-9)12-5-4-11(17-12)7-14-10-3-2-6-19-8-10/h10-12,14H,2-8H2,1H3/t10-,11+,12-/m0/s1. The minimum absolute atomic E-state index is 0.00580. The van der Waals surface area contributed by atoms with Gasteiger partial charge in [0.15, 0.2) is 5.82 Å². The number of rotatable bonds is 4. The zero-order valence-corrected chi connectivity index (χ0v) is 12.1. The van der Waals surface area contributed by atoms with Gasteiger partial charge in [-0.25, -0.2) is 0 Å². The topological polar surface area (TPSA) is 60.2 Å². The molecule has 1 aromatic heterocycles. The molecule has 0 amide bonds. The van der Waals surface area contributed by atoms with E-state index in [2.05, 4.69) is 15.5 Å².